The van der Waals surface area contributed by atoms with Gasteiger partial charge in [-0.25, -0.2) is 9.50 Å². The molecule has 3 aromatic heterocycles. The molecule has 7 heteroatoms. The Kier molecular flexibility index (Phi) is 5.62. The third-order valence-corrected chi connectivity index (χ3v) is 5.43. The number of aryl methyl sites for hydroxylation is 2. The predicted molar refractivity (Wildman–Crippen MR) is 114 cm³/mol. The first kappa shape index (κ1) is 18.9. The molecule has 1 saturated carbocycles. The number of hydrogen-bond donors (Lipinski definition) is 0. The van der Waals surface area contributed by atoms with Crippen LogP contribution in [0.4, 0.5) is 0 Å². The minimum Gasteiger partial charge on any atom is -0.395 e. The highest BCUT2D eigenvalue weighted by molar-refractivity contribution is 7.98. The largest absolute Gasteiger partial charge is 0.395 e. The molecule has 0 aromatic carbocycles. The Bertz CT molecular complexity index is 1010. The molecule has 146 valence electrons. The van der Waals surface area contributed by atoms with Crippen molar-refractivity contribution >= 4 is 23.1 Å². The van der Waals surface area contributed by atoms with E-state index in [2.05, 4.69) is 41.4 Å². The van der Waals surface area contributed by atoms with Crippen LogP contribution in [0.1, 0.15) is 36.5 Å². The highest BCUT2D eigenvalue weighted by Crippen LogP contribution is 2.34. The average Bonchev–Trinajstić information content (AvgIpc) is 3.46. The van der Waals surface area contributed by atoms with Crippen LogP contribution >= 0.6 is 11.8 Å². The van der Waals surface area contributed by atoms with E-state index in [1.807, 2.05) is 24.5 Å². The third-order valence-electron chi connectivity index (χ3n) is 4.85. The SMILES string of the molecule is CCc1cc(/C(=N/OCCSC)C2CC2)cnc1-c1nc2cc(C)ccn2n1. The van der Waals surface area contributed by atoms with Crippen molar-refractivity contribution in [1.82, 2.24) is 19.6 Å². The number of thioether (sulfide) groups is 1. The van der Waals surface area contributed by atoms with Crippen molar-refractivity contribution in [1.29, 1.82) is 0 Å². The summed E-state index contributed by atoms with van der Waals surface area (Å²) in [4.78, 5) is 15.0. The molecule has 28 heavy (non-hydrogen) atoms. The predicted octanol–water partition coefficient (Wildman–Crippen LogP) is 4.16. The monoisotopic (exact) mass is 395 g/mol. The zero-order valence-corrected chi connectivity index (χ0v) is 17.4. The average molecular weight is 396 g/mol. The molecule has 1 aliphatic carbocycles. The van der Waals surface area contributed by atoms with Crippen LogP contribution < -0.4 is 0 Å². The van der Waals surface area contributed by atoms with Gasteiger partial charge in [-0.3, -0.25) is 4.98 Å². The molecule has 1 aliphatic rings. The standard InChI is InChI=1S/C21H25N5OS/c1-4-15-12-17(19(16-5-6-16)25-27-9-10-28-3)13-22-20(15)21-23-18-11-14(2)7-8-26(18)24-21/h7-8,11-13,16H,4-6,9-10H2,1-3H3/b25-19+. The smallest absolute Gasteiger partial charge is 0.201 e. The lowest BCUT2D eigenvalue weighted by molar-refractivity contribution is 0.161. The van der Waals surface area contributed by atoms with Crippen LogP contribution in [0.3, 0.4) is 0 Å². The summed E-state index contributed by atoms with van der Waals surface area (Å²) in [6, 6.07) is 6.23. The number of fused-ring (bicyclic) bond motifs is 1. The molecular weight excluding hydrogens is 370 g/mol. The van der Waals surface area contributed by atoms with Crippen LogP contribution in [0.15, 0.2) is 35.7 Å². The highest BCUT2D eigenvalue weighted by Gasteiger charge is 2.30. The summed E-state index contributed by atoms with van der Waals surface area (Å²) >= 11 is 1.76. The maximum Gasteiger partial charge on any atom is 0.201 e. The van der Waals surface area contributed by atoms with Crippen LogP contribution in [0, 0.1) is 12.8 Å². The molecule has 3 aromatic rings. The Morgan fingerprint density at radius 2 is 2.21 bits per heavy atom. The quantitative estimate of drug-likeness (QED) is 0.326. The molecule has 4 rings (SSSR count). The second-order valence-electron chi connectivity index (χ2n) is 7.10. The molecule has 0 radical (unpaired) electrons. The van der Waals surface area contributed by atoms with Crippen molar-refractivity contribution in [2.24, 2.45) is 11.1 Å². The first-order valence-corrected chi connectivity index (χ1v) is 11.1. The number of aromatic nitrogens is 4. The van der Waals surface area contributed by atoms with Crippen LogP contribution in [0.25, 0.3) is 17.2 Å². The normalized spacial score (nSPS) is 14.6. The Labute approximate surface area is 169 Å². The fourth-order valence-electron chi connectivity index (χ4n) is 3.16. The van der Waals surface area contributed by atoms with Crippen molar-refractivity contribution in [3.63, 3.8) is 0 Å². The van der Waals surface area contributed by atoms with Crippen LogP contribution in [0.2, 0.25) is 0 Å². The van der Waals surface area contributed by atoms with Crippen LogP contribution in [0.5, 0.6) is 0 Å². The number of pyridine rings is 2. The van der Waals surface area contributed by atoms with Crippen molar-refractivity contribution < 1.29 is 4.84 Å². The second-order valence-corrected chi connectivity index (χ2v) is 8.09. The van der Waals surface area contributed by atoms with Gasteiger partial charge in [0.1, 0.15) is 12.3 Å². The van der Waals surface area contributed by atoms with E-state index in [0.29, 0.717) is 18.3 Å². The Morgan fingerprint density at radius 3 is 2.96 bits per heavy atom. The first-order valence-electron chi connectivity index (χ1n) is 9.71. The Morgan fingerprint density at radius 1 is 1.36 bits per heavy atom. The van der Waals surface area contributed by atoms with Crippen molar-refractivity contribution in [3.05, 3.63) is 47.3 Å². The van der Waals surface area contributed by atoms with Gasteiger partial charge in [0, 0.05) is 29.6 Å². The fraction of sp³-hybridized carbons (Fsp3) is 0.429. The third kappa shape index (κ3) is 4.04. The number of oxime groups is 1. The van der Waals surface area contributed by atoms with Crippen molar-refractivity contribution in [2.75, 3.05) is 18.6 Å². The molecule has 0 spiro atoms. The van der Waals surface area contributed by atoms with Crippen molar-refractivity contribution in [2.45, 2.75) is 33.1 Å². The van der Waals surface area contributed by atoms with Gasteiger partial charge >= 0.3 is 0 Å². The summed E-state index contributed by atoms with van der Waals surface area (Å²) in [7, 11) is 0. The van der Waals surface area contributed by atoms with Gasteiger partial charge in [-0.05, 0) is 61.8 Å². The Hall–Kier alpha value is -2.41. The van der Waals surface area contributed by atoms with E-state index in [1.165, 1.54) is 12.8 Å². The minimum absolute atomic E-state index is 0.489. The topological polar surface area (TPSA) is 64.7 Å². The van der Waals surface area contributed by atoms with Gasteiger partial charge < -0.3 is 4.84 Å². The highest BCUT2D eigenvalue weighted by atomic mass is 32.2. The van der Waals surface area contributed by atoms with Gasteiger partial charge in [0.15, 0.2) is 5.65 Å². The summed E-state index contributed by atoms with van der Waals surface area (Å²) in [5.41, 5.74) is 6.04. The number of hydrogen-bond acceptors (Lipinski definition) is 6. The zero-order chi connectivity index (χ0) is 19.5. The van der Waals surface area contributed by atoms with E-state index in [4.69, 9.17) is 9.82 Å². The first-order chi connectivity index (χ1) is 13.7. The number of nitrogens with zero attached hydrogens (tertiary/aromatic N) is 5. The molecule has 0 amide bonds. The van der Waals surface area contributed by atoms with Gasteiger partial charge in [-0.15, -0.1) is 5.10 Å². The molecule has 0 aliphatic heterocycles. The van der Waals surface area contributed by atoms with E-state index < -0.39 is 0 Å². The van der Waals surface area contributed by atoms with Crippen LogP contribution in [-0.2, 0) is 11.3 Å². The summed E-state index contributed by atoms with van der Waals surface area (Å²) in [5, 5.41) is 9.05. The van der Waals surface area contributed by atoms with Gasteiger partial charge in [0.25, 0.3) is 0 Å². The summed E-state index contributed by atoms with van der Waals surface area (Å²) in [5.74, 6) is 2.09. The van der Waals surface area contributed by atoms with Gasteiger partial charge in [0.2, 0.25) is 5.82 Å². The van der Waals surface area contributed by atoms with E-state index >= 15 is 0 Å². The maximum absolute atomic E-state index is 5.54. The lowest BCUT2D eigenvalue weighted by Crippen LogP contribution is -2.08. The van der Waals surface area contributed by atoms with E-state index in [-0.39, 0.29) is 0 Å². The Balaban J connectivity index is 1.66. The molecule has 3 heterocycles. The van der Waals surface area contributed by atoms with E-state index in [1.54, 1.807) is 16.3 Å². The lowest BCUT2D eigenvalue weighted by Gasteiger charge is -2.09. The van der Waals surface area contributed by atoms with Gasteiger partial charge in [0.05, 0.1) is 5.71 Å². The minimum atomic E-state index is 0.489. The van der Waals surface area contributed by atoms with E-state index in [0.717, 1.165) is 45.9 Å². The summed E-state index contributed by atoms with van der Waals surface area (Å²) < 4.78 is 1.80. The van der Waals surface area contributed by atoms with Crippen LogP contribution in [-0.4, -0.2) is 43.9 Å². The molecule has 1 fully saturated rings. The second kappa shape index (κ2) is 8.31. The summed E-state index contributed by atoms with van der Waals surface area (Å²) in [6.45, 7) is 4.82. The van der Waals surface area contributed by atoms with Gasteiger partial charge in [-0.1, -0.05) is 12.1 Å². The molecule has 0 unspecified atom stereocenters. The lowest BCUT2D eigenvalue weighted by atomic mass is 10.0. The molecular formula is C21H25N5OS. The molecule has 0 N–H and O–H groups in total. The molecule has 0 bridgehead atoms. The zero-order valence-electron chi connectivity index (χ0n) is 16.6. The van der Waals surface area contributed by atoms with E-state index in [9.17, 15) is 0 Å². The number of rotatable bonds is 8. The molecule has 6 nitrogen and oxygen atoms in total. The molecule has 0 atom stereocenters. The maximum atomic E-state index is 5.54. The van der Waals surface area contributed by atoms with Crippen molar-refractivity contribution in [3.8, 4) is 11.5 Å². The summed E-state index contributed by atoms with van der Waals surface area (Å²) in [6.07, 6.45) is 9.09. The van der Waals surface area contributed by atoms with Gasteiger partial charge in [-0.2, -0.15) is 11.8 Å². The molecule has 0 saturated heterocycles. The fourth-order valence-corrected chi connectivity index (χ4v) is 3.40.